The highest BCUT2D eigenvalue weighted by Gasteiger charge is 2.05. The Morgan fingerprint density at radius 3 is 2.17 bits per heavy atom. The Morgan fingerprint density at radius 2 is 1.50 bits per heavy atom. The van der Waals surface area contributed by atoms with Crippen LogP contribution in [0.15, 0.2) is 54.6 Å². The first-order chi connectivity index (χ1) is 8.93. The lowest BCUT2D eigenvalue weighted by molar-refractivity contribution is 0.570. The fraction of sp³-hybridized carbons (Fsp3) is 0.294. The third-order valence-corrected chi connectivity index (χ3v) is 3.64. The van der Waals surface area contributed by atoms with E-state index >= 15 is 0 Å². The van der Waals surface area contributed by atoms with Crippen LogP contribution in [0.2, 0.25) is 0 Å². The summed E-state index contributed by atoms with van der Waals surface area (Å²) in [4.78, 5) is 0. The van der Waals surface area contributed by atoms with Gasteiger partial charge >= 0.3 is 0 Å². The Balaban J connectivity index is 1.80. The molecule has 18 heavy (non-hydrogen) atoms. The number of nitrogens with zero attached hydrogens (tertiary/aromatic N) is 1. The Hall–Kier alpha value is -1.60. The van der Waals surface area contributed by atoms with Gasteiger partial charge in [0.15, 0.2) is 0 Å². The molecule has 0 bridgehead atoms. The molecule has 0 N–H and O–H groups in total. The van der Waals surface area contributed by atoms with Crippen LogP contribution in [0.3, 0.4) is 0 Å². The third kappa shape index (κ3) is 2.46. The second kappa shape index (κ2) is 5.36. The summed E-state index contributed by atoms with van der Waals surface area (Å²) >= 11 is 0. The molecule has 1 atom stereocenters. The maximum atomic E-state index is 4.70. The van der Waals surface area contributed by atoms with Gasteiger partial charge < -0.3 is 5.32 Å². The fourth-order valence-electron chi connectivity index (χ4n) is 2.59. The van der Waals surface area contributed by atoms with Crippen molar-refractivity contribution in [2.45, 2.75) is 25.3 Å². The molecule has 1 nitrogen and oxygen atoms in total. The summed E-state index contributed by atoms with van der Waals surface area (Å²) in [6.07, 6.45) is 3.79. The van der Waals surface area contributed by atoms with E-state index in [1.165, 1.54) is 36.0 Å². The number of benzene rings is 2. The average Bonchev–Trinajstić information content (AvgIpc) is 2.49. The van der Waals surface area contributed by atoms with Gasteiger partial charge in [0.1, 0.15) is 0 Å². The number of hydrogen-bond donors (Lipinski definition) is 0. The molecule has 1 aliphatic rings. The molecule has 0 radical (unpaired) electrons. The average molecular weight is 236 g/mol. The SMILES string of the molecule is c1ccc(-c2ccc(C3CCCC[N-]3)cc2)cc1. The van der Waals surface area contributed by atoms with Gasteiger partial charge in [-0.25, -0.2) is 0 Å². The molecule has 2 aromatic rings. The summed E-state index contributed by atoms with van der Waals surface area (Å²) in [6, 6.07) is 19.9. The van der Waals surface area contributed by atoms with Crippen molar-refractivity contribution in [2.24, 2.45) is 0 Å². The number of piperidine rings is 1. The lowest BCUT2D eigenvalue weighted by atomic mass is 9.95. The molecule has 1 fully saturated rings. The molecule has 92 valence electrons. The normalized spacial score (nSPS) is 19.7. The maximum Gasteiger partial charge on any atom is -0.0184 e. The lowest BCUT2D eigenvalue weighted by Crippen LogP contribution is -2.05. The molecule has 1 heteroatoms. The van der Waals surface area contributed by atoms with Gasteiger partial charge in [-0.2, -0.15) is 0 Å². The molecular weight excluding hydrogens is 218 g/mol. The van der Waals surface area contributed by atoms with Crippen LogP contribution in [0.5, 0.6) is 0 Å². The zero-order valence-corrected chi connectivity index (χ0v) is 10.5. The predicted octanol–water partition coefficient (Wildman–Crippen LogP) is 4.95. The topological polar surface area (TPSA) is 14.1 Å². The van der Waals surface area contributed by atoms with E-state index in [1.807, 2.05) is 0 Å². The number of hydrogen-bond acceptors (Lipinski definition) is 0. The highest BCUT2D eigenvalue weighted by molar-refractivity contribution is 5.63. The van der Waals surface area contributed by atoms with Gasteiger partial charge in [-0.1, -0.05) is 79.4 Å². The largest absolute Gasteiger partial charge is 0.656 e. The summed E-state index contributed by atoms with van der Waals surface area (Å²) < 4.78 is 0. The molecule has 0 amide bonds. The van der Waals surface area contributed by atoms with Crippen LogP contribution in [-0.2, 0) is 0 Å². The molecule has 3 rings (SSSR count). The van der Waals surface area contributed by atoms with Crippen LogP contribution < -0.4 is 0 Å². The minimum Gasteiger partial charge on any atom is -0.656 e. The first-order valence-electron chi connectivity index (χ1n) is 6.75. The van der Waals surface area contributed by atoms with Crippen LogP contribution in [0.1, 0.15) is 30.9 Å². The summed E-state index contributed by atoms with van der Waals surface area (Å²) in [5.41, 5.74) is 3.94. The minimum atomic E-state index is 0.434. The minimum absolute atomic E-state index is 0.434. The predicted molar refractivity (Wildman–Crippen MR) is 76.7 cm³/mol. The van der Waals surface area contributed by atoms with E-state index in [0.29, 0.717) is 6.04 Å². The van der Waals surface area contributed by atoms with Crippen molar-refractivity contribution in [1.82, 2.24) is 0 Å². The van der Waals surface area contributed by atoms with Crippen LogP contribution >= 0.6 is 0 Å². The van der Waals surface area contributed by atoms with E-state index in [1.54, 1.807) is 0 Å². The van der Waals surface area contributed by atoms with Gasteiger partial charge in [-0.15, -0.1) is 12.6 Å². The maximum absolute atomic E-state index is 4.70. The second-order valence-electron chi connectivity index (χ2n) is 4.91. The van der Waals surface area contributed by atoms with Gasteiger partial charge in [0.2, 0.25) is 0 Å². The van der Waals surface area contributed by atoms with Gasteiger partial charge in [-0.3, -0.25) is 0 Å². The molecule has 0 aliphatic carbocycles. The third-order valence-electron chi connectivity index (χ3n) is 3.64. The highest BCUT2D eigenvalue weighted by Crippen LogP contribution is 2.33. The first kappa shape index (κ1) is 11.5. The molecule has 1 aliphatic heterocycles. The van der Waals surface area contributed by atoms with Gasteiger partial charge in [-0.05, 0) is 11.1 Å². The van der Waals surface area contributed by atoms with Crippen molar-refractivity contribution in [3.05, 3.63) is 65.5 Å². The molecule has 0 aromatic heterocycles. The Kier molecular flexibility index (Phi) is 3.42. The van der Waals surface area contributed by atoms with Crippen LogP contribution in [-0.4, -0.2) is 6.54 Å². The van der Waals surface area contributed by atoms with Crippen molar-refractivity contribution in [2.75, 3.05) is 6.54 Å². The Labute approximate surface area is 109 Å². The van der Waals surface area contributed by atoms with Gasteiger partial charge in [0, 0.05) is 0 Å². The second-order valence-corrected chi connectivity index (χ2v) is 4.91. The Morgan fingerprint density at radius 1 is 0.778 bits per heavy atom. The zero-order chi connectivity index (χ0) is 12.2. The summed E-state index contributed by atoms with van der Waals surface area (Å²) in [5, 5.41) is 4.70. The van der Waals surface area contributed by atoms with E-state index < -0.39 is 0 Å². The molecule has 0 spiro atoms. The zero-order valence-electron chi connectivity index (χ0n) is 10.5. The number of rotatable bonds is 2. The van der Waals surface area contributed by atoms with E-state index in [0.717, 1.165) is 6.54 Å². The standard InChI is InChI=1S/C17H18N/c1-2-6-14(7-3-1)15-9-11-16(12-10-15)17-8-4-5-13-18-17/h1-3,6-7,9-12,17H,4-5,8,13H2/q-1. The van der Waals surface area contributed by atoms with Crippen molar-refractivity contribution in [1.29, 1.82) is 0 Å². The quantitative estimate of drug-likeness (QED) is 0.700. The first-order valence-corrected chi connectivity index (χ1v) is 6.75. The van der Waals surface area contributed by atoms with Crippen molar-refractivity contribution in [3.8, 4) is 11.1 Å². The molecular formula is C17H18N-. The smallest absolute Gasteiger partial charge is 0.0184 e. The lowest BCUT2D eigenvalue weighted by Gasteiger charge is -2.37. The molecule has 2 aromatic carbocycles. The van der Waals surface area contributed by atoms with Crippen LogP contribution in [0.25, 0.3) is 16.4 Å². The molecule has 0 saturated carbocycles. The van der Waals surface area contributed by atoms with Crippen LogP contribution in [0, 0.1) is 0 Å². The molecule has 1 heterocycles. The highest BCUT2D eigenvalue weighted by atomic mass is 14.9. The Bertz CT molecular complexity index is 481. The van der Waals surface area contributed by atoms with E-state index in [-0.39, 0.29) is 0 Å². The molecule has 1 unspecified atom stereocenters. The summed E-state index contributed by atoms with van der Waals surface area (Å²) in [6.45, 7) is 1.03. The van der Waals surface area contributed by atoms with Crippen molar-refractivity contribution in [3.63, 3.8) is 0 Å². The van der Waals surface area contributed by atoms with Gasteiger partial charge in [0.05, 0.1) is 0 Å². The van der Waals surface area contributed by atoms with Crippen molar-refractivity contribution < 1.29 is 0 Å². The van der Waals surface area contributed by atoms with Crippen molar-refractivity contribution >= 4 is 0 Å². The van der Waals surface area contributed by atoms with Gasteiger partial charge in [0.25, 0.3) is 0 Å². The van der Waals surface area contributed by atoms with E-state index in [4.69, 9.17) is 5.32 Å². The fourth-order valence-corrected chi connectivity index (χ4v) is 2.59. The van der Waals surface area contributed by atoms with Crippen LogP contribution in [0.4, 0.5) is 0 Å². The summed E-state index contributed by atoms with van der Waals surface area (Å²) in [7, 11) is 0. The monoisotopic (exact) mass is 236 g/mol. The van der Waals surface area contributed by atoms with E-state index in [2.05, 4.69) is 54.6 Å². The molecule has 1 saturated heterocycles. The van der Waals surface area contributed by atoms with E-state index in [9.17, 15) is 0 Å². The summed E-state index contributed by atoms with van der Waals surface area (Å²) in [5.74, 6) is 0.